The van der Waals surface area contributed by atoms with E-state index in [9.17, 15) is 5.11 Å². The number of pyridine rings is 1. The van der Waals surface area contributed by atoms with Crippen LogP contribution in [0.3, 0.4) is 0 Å². The van der Waals surface area contributed by atoms with E-state index in [2.05, 4.69) is 20.9 Å². The van der Waals surface area contributed by atoms with Crippen LogP contribution in [0.15, 0.2) is 16.7 Å². The molecule has 1 aromatic heterocycles. The molecule has 0 spiro atoms. The monoisotopic (exact) mass is 244 g/mol. The highest BCUT2D eigenvalue weighted by molar-refractivity contribution is 9.10. The maximum atomic E-state index is 9.29. The van der Waals surface area contributed by atoms with Crippen molar-refractivity contribution in [2.75, 3.05) is 0 Å². The number of hydrogen-bond acceptors (Lipinski definition) is 3. The molecule has 0 aliphatic rings. The third-order valence-electron chi connectivity index (χ3n) is 1.92. The fourth-order valence-corrected chi connectivity index (χ4v) is 1.57. The second-order valence-electron chi connectivity index (χ2n) is 3.12. The Hall–Kier alpha value is -0.450. The Morgan fingerprint density at radius 1 is 1.62 bits per heavy atom. The van der Waals surface area contributed by atoms with E-state index >= 15 is 0 Å². The minimum Gasteiger partial charge on any atom is -0.391 e. The zero-order chi connectivity index (χ0) is 10.0. The van der Waals surface area contributed by atoms with E-state index in [1.165, 1.54) is 0 Å². The third-order valence-corrected chi connectivity index (χ3v) is 2.35. The number of aliphatic hydroxyl groups is 1. The van der Waals surface area contributed by atoms with E-state index < -0.39 is 12.1 Å². The summed E-state index contributed by atoms with van der Waals surface area (Å²) >= 11 is 3.32. The predicted molar refractivity (Wildman–Crippen MR) is 55.3 cm³/mol. The lowest BCUT2D eigenvalue weighted by Gasteiger charge is -2.16. The summed E-state index contributed by atoms with van der Waals surface area (Å²) in [6.45, 7) is 3.59. The van der Waals surface area contributed by atoms with Gasteiger partial charge in [0.2, 0.25) is 0 Å². The van der Waals surface area contributed by atoms with Crippen molar-refractivity contribution < 1.29 is 5.11 Å². The molecule has 0 saturated carbocycles. The normalized spacial score (nSPS) is 15.5. The Kier molecular flexibility index (Phi) is 3.41. The molecular weight excluding hydrogens is 232 g/mol. The van der Waals surface area contributed by atoms with Gasteiger partial charge in [-0.3, -0.25) is 4.98 Å². The molecule has 72 valence electrons. The molecule has 0 aliphatic heterocycles. The molecule has 2 atom stereocenters. The van der Waals surface area contributed by atoms with Crippen LogP contribution < -0.4 is 5.73 Å². The van der Waals surface area contributed by atoms with E-state index in [1.807, 2.05) is 13.0 Å². The van der Waals surface area contributed by atoms with Gasteiger partial charge in [-0.1, -0.05) is 0 Å². The van der Waals surface area contributed by atoms with Crippen LogP contribution >= 0.6 is 15.9 Å². The van der Waals surface area contributed by atoms with Gasteiger partial charge in [-0.05, 0) is 41.4 Å². The van der Waals surface area contributed by atoms with Crippen molar-refractivity contribution >= 4 is 15.9 Å². The van der Waals surface area contributed by atoms with Gasteiger partial charge in [0.25, 0.3) is 0 Å². The van der Waals surface area contributed by atoms with Crippen molar-refractivity contribution in [3.05, 3.63) is 28.0 Å². The molecule has 13 heavy (non-hydrogen) atoms. The minimum absolute atomic E-state index is 0.409. The molecule has 3 N–H and O–H groups in total. The highest BCUT2D eigenvalue weighted by Gasteiger charge is 2.15. The minimum atomic E-state index is -0.577. The number of aliphatic hydroxyl groups excluding tert-OH is 1. The molecule has 0 aliphatic carbocycles. The molecule has 4 heteroatoms. The zero-order valence-electron chi connectivity index (χ0n) is 7.66. The largest absolute Gasteiger partial charge is 0.391 e. The summed E-state index contributed by atoms with van der Waals surface area (Å²) in [6.07, 6.45) is 1.11. The number of hydrogen-bond donors (Lipinski definition) is 2. The van der Waals surface area contributed by atoms with Gasteiger partial charge in [0.15, 0.2) is 0 Å². The topological polar surface area (TPSA) is 59.1 Å². The van der Waals surface area contributed by atoms with Crippen molar-refractivity contribution in [1.29, 1.82) is 0 Å². The Morgan fingerprint density at radius 3 is 2.69 bits per heavy atom. The third kappa shape index (κ3) is 2.49. The number of nitrogens with zero attached hydrogens (tertiary/aromatic N) is 1. The fraction of sp³-hybridized carbons (Fsp3) is 0.444. The number of aromatic nitrogens is 1. The molecule has 0 unspecified atom stereocenters. The SMILES string of the molecule is Cc1cc(Br)cnc1[C@H](N)[C@@H](C)O. The standard InChI is InChI=1S/C9H13BrN2O/c1-5-3-7(10)4-12-9(5)8(11)6(2)13/h3-4,6,8,13H,11H2,1-2H3/t6-,8-/m1/s1. The molecule has 0 bridgehead atoms. The molecule has 1 heterocycles. The quantitative estimate of drug-likeness (QED) is 0.830. The van der Waals surface area contributed by atoms with Crippen LogP contribution in [0.5, 0.6) is 0 Å². The molecule has 3 nitrogen and oxygen atoms in total. The highest BCUT2D eigenvalue weighted by atomic mass is 79.9. The van der Waals surface area contributed by atoms with Crippen LogP contribution in [0.25, 0.3) is 0 Å². The van der Waals surface area contributed by atoms with Gasteiger partial charge in [-0.15, -0.1) is 0 Å². The number of nitrogens with two attached hydrogens (primary N) is 1. The predicted octanol–water partition coefficient (Wildman–Crippen LogP) is 1.53. The van der Waals surface area contributed by atoms with Crippen molar-refractivity contribution in [2.45, 2.75) is 26.0 Å². The Bertz CT molecular complexity index is 302. The van der Waals surface area contributed by atoms with Crippen molar-refractivity contribution in [1.82, 2.24) is 4.98 Å². The van der Waals surface area contributed by atoms with Crippen LogP contribution in [-0.2, 0) is 0 Å². The molecule has 1 rings (SSSR count). The number of halogens is 1. The van der Waals surface area contributed by atoms with E-state index in [1.54, 1.807) is 13.1 Å². The van der Waals surface area contributed by atoms with Gasteiger partial charge in [0.05, 0.1) is 17.8 Å². The van der Waals surface area contributed by atoms with Gasteiger partial charge in [-0.2, -0.15) is 0 Å². The first-order chi connectivity index (χ1) is 6.02. The van der Waals surface area contributed by atoms with Crippen LogP contribution in [0.2, 0.25) is 0 Å². The molecule has 0 amide bonds. The van der Waals surface area contributed by atoms with Crippen molar-refractivity contribution in [2.24, 2.45) is 5.73 Å². The summed E-state index contributed by atoms with van der Waals surface area (Å²) in [5, 5.41) is 9.29. The maximum absolute atomic E-state index is 9.29. The summed E-state index contributed by atoms with van der Waals surface area (Å²) in [5.41, 5.74) is 7.50. The first kappa shape index (κ1) is 10.6. The lowest BCUT2D eigenvalue weighted by Crippen LogP contribution is -2.25. The van der Waals surface area contributed by atoms with Gasteiger partial charge in [0.1, 0.15) is 0 Å². The number of rotatable bonds is 2. The summed E-state index contributed by atoms with van der Waals surface area (Å²) in [7, 11) is 0. The molecule has 0 fully saturated rings. The van der Waals surface area contributed by atoms with Crippen molar-refractivity contribution in [3.63, 3.8) is 0 Å². The van der Waals surface area contributed by atoms with E-state index in [4.69, 9.17) is 5.73 Å². The Balaban J connectivity index is 3.01. The van der Waals surface area contributed by atoms with Crippen LogP contribution in [0, 0.1) is 6.92 Å². The highest BCUT2D eigenvalue weighted by Crippen LogP contribution is 2.19. The summed E-state index contributed by atoms with van der Waals surface area (Å²) < 4.78 is 0.923. The first-order valence-electron chi connectivity index (χ1n) is 4.08. The second-order valence-corrected chi connectivity index (χ2v) is 4.04. The lowest BCUT2D eigenvalue weighted by molar-refractivity contribution is 0.162. The first-order valence-corrected chi connectivity index (χ1v) is 4.87. The molecular formula is C9H13BrN2O. The van der Waals surface area contributed by atoms with Gasteiger partial charge >= 0.3 is 0 Å². The summed E-state index contributed by atoms with van der Waals surface area (Å²) in [5.74, 6) is 0. The van der Waals surface area contributed by atoms with Crippen LogP contribution in [0.1, 0.15) is 24.2 Å². The Morgan fingerprint density at radius 2 is 2.23 bits per heavy atom. The number of aryl methyl sites for hydroxylation is 1. The lowest BCUT2D eigenvalue weighted by atomic mass is 10.1. The maximum Gasteiger partial charge on any atom is 0.0733 e. The van der Waals surface area contributed by atoms with Gasteiger partial charge in [0, 0.05) is 10.7 Å². The molecule has 0 aromatic carbocycles. The second kappa shape index (κ2) is 4.17. The fourth-order valence-electron chi connectivity index (χ4n) is 1.13. The zero-order valence-corrected chi connectivity index (χ0v) is 9.25. The van der Waals surface area contributed by atoms with E-state index in [-0.39, 0.29) is 0 Å². The van der Waals surface area contributed by atoms with E-state index in [0.29, 0.717) is 0 Å². The molecule has 0 radical (unpaired) electrons. The van der Waals surface area contributed by atoms with Crippen LogP contribution in [-0.4, -0.2) is 16.2 Å². The smallest absolute Gasteiger partial charge is 0.0733 e. The van der Waals surface area contributed by atoms with E-state index in [0.717, 1.165) is 15.7 Å². The van der Waals surface area contributed by atoms with Gasteiger partial charge in [-0.25, -0.2) is 0 Å². The Labute approximate surface area is 86.1 Å². The van der Waals surface area contributed by atoms with Crippen molar-refractivity contribution in [3.8, 4) is 0 Å². The summed E-state index contributed by atoms with van der Waals surface area (Å²) in [4.78, 5) is 4.17. The van der Waals surface area contributed by atoms with Gasteiger partial charge < -0.3 is 10.8 Å². The molecule has 0 saturated heterocycles. The van der Waals surface area contributed by atoms with Crippen LogP contribution in [0.4, 0.5) is 0 Å². The summed E-state index contributed by atoms with van der Waals surface area (Å²) in [6, 6.07) is 1.53. The average Bonchev–Trinajstić information content (AvgIpc) is 2.03. The average molecular weight is 245 g/mol. The molecule has 1 aromatic rings.